The topological polar surface area (TPSA) is 104 Å². The van der Waals surface area contributed by atoms with E-state index < -0.39 is 17.7 Å². The number of hydrogen-bond acceptors (Lipinski definition) is 6. The Morgan fingerprint density at radius 2 is 1.52 bits per heavy atom. The fourth-order valence-corrected chi connectivity index (χ4v) is 2.93. The summed E-state index contributed by atoms with van der Waals surface area (Å²) in [4.78, 5) is 25.0. The van der Waals surface area contributed by atoms with Crippen LogP contribution >= 0.6 is 0 Å². The van der Waals surface area contributed by atoms with Crippen molar-refractivity contribution >= 4 is 40.5 Å². The van der Waals surface area contributed by atoms with Gasteiger partial charge in [0, 0.05) is 29.7 Å². The van der Waals surface area contributed by atoms with Crippen LogP contribution in [0.2, 0.25) is 0 Å². The van der Waals surface area contributed by atoms with E-state index in [1.165, 1.54) is 0 Å². The number of benzene rings is 2. The zero-order valence-corrected chi connectivity index (χ0v) is 17.4. The highest BCUT2D eigenvalue weighted by Gasteiger charge is 2.09. The Bertz CT molecular complexity index is 1270. The lowest BCUT2D eigenvalue weighted by Crippen LogP contribution is -2.20. The van der Waals surface area contributed by atoms with Gasteiger partial charge in [-0.2, -0.15) is 0 Å². The number of urea groups is 1. The summed E-state index contributed by atoms with van der Waals surface area (Å²) in [5.41, 5.74) is 0.935. The number of rotatable bonds is 6. The number of aromatic nitrogens is 3. The molecule has 0 unspecified atom stereocenters. The monoisotopic (exact) mass is 447 g/mol. The van der Waals surface area contributed by atoms with Gasteiger partial charge in [0.25, 0.3) is 0 Å². The number of carbonyl (C=O) groups is 1. The van der Waals surface area contributed by atoms with E-state index in [2.05, 4.69) is 36.2 Å². The molecule has 2 heterocycles. The van der Waals surface area contributed by atoms with Crippen molar-refractivity contribution in [2.24, 2.45) is 0 Å². The Morgan fingerprint density at radius 1 is 0.788 bits per heavy atom. The average Bonchev–Trinajstić information content (AvgIpc) is 2.78. The molecule has 33 heavy (non-hydrogen) atoms. The summed E-state index contributed by atoms with van der Waals surface area (Å²) >= 11 is 0. The molecule has 10 heteroatoms. The average molecular weight is 447 g/mol. The number of hydrogen-bond donors (Lipinski definition) is 4. The molecular formula is C23H19F2N7O. The molecule has 0 atom stereocenters. The van der Waals surface area contributed by atoms with Crippen molar-refractivity contribution in [1.82, 2.24) is 15.0 Å². The van der Waals surface area contributed by atoms with Gasteiger partial charge in [0.05, 0.1) is 5.69 Å². The van der Waals surface area contributed by atoms with Gasteiger partial charge in [-0.25, -0.2) is 28.5 Å². The van der Waals surface area contributed by atoms with Crippen molar-refractivity contribution in [3.05, 3.63) is 90.4 Å². The molecule has 8 nitrogen and oxygen atoms in total. The highest BCUT2D eigenvalue weighted by molar-refractivity contribution is 5.99. The SMILES string of the molecule is Cc1nc(Nc2ccc(NC(=O)Nc3cc(F)ccc3F)cc2)cc(Nc2ccccn2)n1. The van der Waals surface area contributed by atoms with Crippen molar-refractivity contribution in [2.75, 3.05) is 21.3 Å². The molecule has 0 aliphatic carbocycles. The minimum Gasteiger partial charge on any atom is -0.340 e. The highest BCUT2D eigenvalue weighted by Crippen LogP contribution is 2.21. The second kappa shape index (κ2) is 9.69. The number of nitrogens with one attached hydrogen (secondary N) is 4. The van der Waals surface area contributed by atoms with Gasteiger partial charge in [0.2, 0.25) is 0 Å². The van der Waals surface area contributed by atoms with Crippen LogP contribution in [0, 0.1) is 18.6 Å². The van der Waals surface area contributed by atoms with Crippen LogP contribution in [0.1, 0.15) is 5.82 Å². The Morgan fingerprint density at radius 3 is 2.24 bits per heavy atom. The second-order valence-electron chi connectivity index (χ2n) is 6.93. The first-order valence-corrected chi connectivity index (χ1v) is 9.88. The molecule has 0 saturated heterocycles. The molecule has 0 saturated carbocycles. The Kier molecular flexibility index (Phi) is 6.35. The summed E-state index contributed by atoms with van der Waals surface area (Å²) in [7, 11) is 0. The summed E-state index contributed by atoms with van der Waals surface area (Å²) in [6.07, 6.45) is 1.68. The molecule has 0 radical (unpaired) electrons. The van der Waals surface area contributed by atoms with E-state index in [4.69, 9.17) is 0 Å². The Labute approximate surface area is 188 Å². The molecular weight excluding hydrogens is 428 g/mol. The van der Waals surface area contributed by atoms with Gasteiger partial charge in [-0.15, -0.1) is 0 Å². The first-order chi connectivity index (χ1) is 15.9. The van der Waals surface area contributed by atoms with E-state index in [0.717, 1.165) is 23.9 Å². The molecule has 4 rings (SSSR count). The number of nitrogens with zero attached hydrogens (tertiary/aromatic N) is 3. The van der Waals surface area contributed by atoms with E-state index in [0.29, 0.717) is 29.0 Å². The molecule has 0 aliphatic rings. The maximum Gasteiger partial charge on any atom is 0.323 e. The second-order valence-corrected chi connectivity index (χ2v) is 6.93. The van der Waals surface area contributed by atoms with Gasteiger partial charge >= 0.3 is 6.03 Å². The van der Waals surface area contributed by atoms with Crippen molar-refractivity contribution in [3.63, 3.8) is 0 Å². The highest BCUT2D eigenvalue weighted by atomic mass is 19.1. The molecule has 4 aromatic rings. The van der Waals surface area contributed by atoms with Gasteiger partial charge in [0.15, 0.2) is 0 Å². The van der Waals surface area contributed by atoms with Crippen LogP contribution in [0.5, 0.6) is 0 Å². The van der Waals surface area contributed by atoms with Crippen LogP contribution in [-0.2, 0) is 0 Å². The van der Waals surface area contributed by atoms with Gasteiger partial charge < -0.3 is 21.3 Å². The van der Waals surface area contributed by atoms with E-state index in [-0.39, 0.29) is 5.69 Å². The standard InChI is InChI=1S/C23H19F2N7O/c1-14-27-21(13-22(28-14)32-20-4-2-3-11-26-20)29-16-6-8-17(9-7-16)30-23(33)31-19-12-15(24)5-10-18(19)25/h2-13H,1H3,(H2,30,31,33)(H2,26,27,28,29,32). The summed E-state index contributed by atoms with van der Waals surface area (Å²) in [6.45, 7) is 1.78. The zero-order valence-electron chi connectivity index (χ0n) is 17.4. The molecule has 0 aliphatic heterocycles. The molecule has 0 bridgehead atoms. The van der Waals surface area contributed by atoms with E-state index in [1.807, 2.05) is 18.2 Å². The third-order valence-corrected chi connectivity index (χ3v) is 4.35. The third-order valence-electron chi connectivity index (χ3n) is 4.35. The number of carbonyl (C=O) groups excluding carboxylic acids is 1. The quantitative estimate of drug-likeness (QED) is 0.307. The Balaban J connectivity index is 1.39. The number of aryl methyl sites for hydroxylation is 1. The van der Waals surface area contributed by atoms with Crippen LogP contribution in [0.25, 0.3) is 0 Å². The third kappa shape index (κ3) is 5.97. The van der Waals surface area contributed by atoms with Gasteiger partial charge in [-0.3, -0.25) is 0 Å². The molecule has 2 aromatic carbocycles. The van der Waals surface area contributed by atoms with Gasteiger partial charge in [-0.05, 0) is 55.5 Å². The van der Waals surface area contributed by atoms with Gasteiger partial charge in [0.1, 0.15) is 34.9 Å². The molecule has 166 valence electrons. The van der Waals surface area contributed by atoms with Crippen LogP contribution in [0.4, 0.5) is 48.1 Å². The van der Waals surface area contributed by atoms with Crippen molar-refractivity contribution in [3.8, 4) is 0 Å². The van der Waals surface area contributed by atoms with Crippen LogP contribution in [0.15, 0.2) is 72.9 Å². The summed E-state index contributed by atoms with van der Waals surface area (Å²) in [5.74, 6) is 0.999. The fourth-order valence-electron chi connectivity index (χ4n) is 2.93. The first-order valence-electron chi connectivity index (χ1n) is 9.88. The van der Waals surface area contributed by atoms with Crippen molar-refractivity contribution < 1.29 is 13.6 Å². The van der Waals surface area contributed by atoms with Crippen LogP contribution in [-0.4, -0.2) is 21.0 Å². The van der Waals surface area contributed by atoms with Crippen molar-refractivity contribution in [1.29, 1.82) is 0 Å². The normalized spacial score (nSPS) is 10.4. The lowest BCUT2D eigenvalue weighted by atomic mass is 10.2. The first kappa shape index (κ1) is 21.6. The van der Waals surface area contributed by atoms with E-state index in [9.17, 15) is 13.6 Å². The van der Waals surface area contributed by atoms with Crippen LogP contribution in [0.3, 0.4) is 0 Å². The molecule has 4 N–H and O–H groups in total. The predicted octanol–water partition coefficient (Wildman–Crippen LogP) is 5.59. The maximum atomic E-state index is 13.7. The van der Waals surface area contributed by atoms with E-state index in [1.54, 1.807) is 43.5 Å². The Hall–Kier alpha value is -4.60. The minimum atomic E-state index is -0.733. The predicted molar refractivity (Wildman–Crippen MR) is 123 cm³/mol. The summed E-state index contributed by atoms with van der Waals surface area (Å²) < 4.78 is 26.9. The largest absolute Gasteiger partial charge is 0.340 e. The molecule has 2 aromatic heterocycles. The number of pyridine rings is 1. The fraction of sp³-hybridized carbons (Fsp3) is 0.0435. The molecule has 2 amide bonds. The van der Waals surface area contributed by atoms with E-state index >= 15 is 0 Å². The van der Waals surface area contributed by atoms with Crippen molar-refractivity contribution in [2.45, 2.75) is 6.92 Å². The summed E-state index contributed by atoms with van der Waals surface area (Å²) in [5, 5.41) is 11.1. The zero-order chi connectivity index (χ0) is 23.2. The minimum absolute atomic E-state index is 0.250. The number of halogens is 2. The number of anilines is 6. The summed E-state index contributed by atoms with van der Waals surface area (Å²) in [6, 6.07) is 16.2. The lowest BCUT2D eigenvalue weighted by Gasteiger charge is -2.11. The number of amides is 2. The maximum absolute atomic E-state index is 13.7. The van der Waals surface area contributed by atoms with Crippen LogP contribution < -0.4 is 21.3 Å². The molecule has 0 fully saturated rings. The lowest BCUT2D eigenvalue weighted by molar-refractivity contribution is 0.262. The molecule has 0 spiro atoms. The smallest absolute Gasteiger partial charge is 0.323 e. The van der Waals surface area contributed by atoms with Gasteiger partial charge in [-0.1, -0.05) is 6.07 Å².